The first-order valence-electron chi connectivity index (χ1n) is 11.5. The van der Waals surface area contributed by atoms with Gasteiger partial charge in [-0.3, -0.25) is 4.79 Å². The largest absolute Gasteiger partial charge is 0.493 e. The summed E-state index contributed by atoms with van der Waals surface area (Å²) in [5, 5.41) is 0. The van der Waals surface area contributed by atoms with E-state index in [1.54, 1.807) is 38.0 Å². The Morgan fingerprint density at radius 3 is 2.27 bits per heavy atom. The second-order valence-electron chi connectivity index (χ2n) is 7.68. The lowest BCUT2D eigenvalue weighted by Crippen LogP contribution is -2.32. The molecule has 0 aliphatic rings. The molecule has 2 rings (SSSR count). The summed E-state index contributed by atoms with van der Waals surface area (Å²) in [5.74, 6) is 1.08. The van der Waals surface area contributed by atoms with Crippen molar-refractivity contribution in [3.63, 3.8) is 0 Å². The third-order valence-corrected chi connectivity index (χ3v) is 7.31. The van der Waals surface area contributed by atoms with Gasteiger partial charge in [0.2, 0.25) is 10.0 Å². The summed E-state index contributed by atoms with van der Waals surface area (Å²) in [4.78, 5) is 15.2. The Hall–Kier alpha value is -2.58. The highest BCUT2D eigenvalue weighted by molar-refractivity contribution is 7.89. The maximum atomic E-state index is 13.4. The molecule has 8 heteroatoms. The van der Waals surface area contributed by atoms with Crippen LogP contribution in [0.1, 0.15) is 56.5 Å². The number of ether oxygens (including phenoxy) is 2. The van der Waals surface area contributed by atoms with Crippen molar-refractivity contribution in [1.82, 2.24) is 9.21 Å². The molecule has 2 aromatic carbocycles. The zero-order chi connectivity index (χ0) is 24.4. The van der Waals surface area contributed by atoms with Crippen LogP contribution < -0.4 is 9.47 Å². The number of nitrogens with zero attached hydrogens (tertiary/aromatic N) is 2. The van der Waals surface area contributed by atoms with Gasteiger partial charge in [-0.15, -0.1) is 0 Å². The van der Waals surface area contributed by atoms with Crippen LogP contribution in [-0.2, 0) is 16.6 Å². The van der Waals surface area contributed by atoms with Gasteiger partial charge in [0.1, 0.15) is 0 Å². The molecule has 1 amide bonds. The Balaban J connectivity index is 2.31. The van der Waals surface area contributed by atoms with Crippen molar-refractivity contribution in [3.8, 4) is 11.5 Å². The molecule has 0 saturated heterocycles. The van der Waals surface area contributed by atoms with Gasteiger partial charge in [-0.05, 0) is 48.7 Å². The monoisotopic (exact) mass is 476 g/mol. The van der Waals surface area contributed by atoms with Gasteiger partial charge >= 0.3 is 0 Å². The van der Waals surface area contributed by atoms with Crippen LogP contribution in [-0.4, -0.2) is 56.9 Å². The predicted molar refractivity (Wildman–Crippen MR) is 130 cm³/mol. The summed E-state index contributed by atoms with van der Waals surface area (Å²) in [5.41, 5.74) is 1.26. The van der Waals surface area contributed by atoms with Crippen LogP contribution in [0.15, 0.2) is 47.4 Å². The number of carbonyl (C=O) groups excluding carboxylic acids is 1. The van der Waals surface area contributed by atoms with Gasteiger partial charge in [-0.2, -0.15) is 4.31 Å². The van der Waals surface area contributed by atoms with Crippen molar-refractivity contribution in [2.24, 2.45) is 0 Å². The molecule has 0 aromatic heterocycles. The smallest absolute Gasteiger partial charge is 0.254 e. The standard InChI is InChI=1S/C25H36N2O5S/c1-6-15-26(19-20-13-14-23(32-16-7-2)24(17-20)31-5)25(28)21-11-10-12-22(18-21)33(29,30)27(8-3)9-4/h10-14,17-18H,6-9,15-16,19H2,1-5H3. The van der Waals surface area contributed by atoms with Crippen LogP contribution in [0.25, 0.3) is 0 Å². The van der Waals surface area contributed by atoms with E-state index < -0.39 is 10.0 Å². The van der Waals surface area contributed by atoms with E-state index in [0.717, 1.165) is 18.4 Å². The van der Waals surface area contributed by atoms with Crippen molar-refractivity contribution in [1.29, 1.82) is 0 Å². The van der Waals surface area contributed by atoms with Gasteiger partial charge < -0.3 is 14.4 Å². The first kappa shape index (κ1) is 26.7. The third kappa shape index (κ3) is 6.71. The molecule has 0 radical (unpaired) electrons. The highest BCUT2D eigenvalue weighted by atomic mass is 32.2. The molecule has 2 aromatic rings. The van der Waals surface area contributed by atoms with Crippen LogP contribution >= 0.6 is 0 Å². The number of amides is 1. The minimum absolute atomic E-state index is 0.132. The molecule has 0 bridgehead atoms. The first-order chi connectivity index (χ1) is 15.8. The molecule has 0 N–H and O–H groups in total. The highest BCUT2D eigenvalue weighted by Crippen LogP contribution is 2.29. The lowest BCUT2D eigenvalue weighted by molar-refractivity contribution is 0.0742. The summed E-state index contributed by atoms with van der Waals surface area (Å²) >= 11 is 0. The second kappa shape index (κ2) is 12.6. The Labute approximate surface area is 198 Å². The highest BCUT2D eigenvalue weighted by Gasteiger charge is 2.24. The van der Waals surface area contributed by atoms with Gasteiger partial charge in [0.05, 0.1) is 18.6 Å². The molecule has 0 unspecified atom stereocenters. The molecule has 0 fully saturated rings. The maximum Gasteiger partial charge on any atom is 0.254 e. The van der Waals surface area contributed by atoms with Crippen molar-refractivity contribution >= 4 is 15.9 Å². The molecule has 7 nitrogen and oxygen atoms in total. The predicted octanol–water partition coefficient (Wildman–Crippen LogP) is 4.57. The van der Waals surface area contributed by atoms with Crippen molar-refractivity contribution in [2.75, 3.05) is 33.4 Å². The molecule has 0 heterocycles. The SMILES string of the molecule is CCCOc1ccc(CN(CCC)C(=O)c2cccc(S(=O)(=O)N(CC)CC)c2)cc1OC. The van der Waals surface area contributed by atoms with E-state index in [4.69, 9.17) is 9.47 Å². The summed E-state index contributed by atoms with van der Waals surface area (Å²) in [6.07, 6.45) is 1.67. The summed E-state index contributed by atoms with van der Waals surface area (Å²) < 4.78 is 38.4. The number of hydrogen-bond donors (Lipinski definition) is 0. The maximum absolute atomic E-state index is 13.4. The minimum Gasteiger partial charge on any atom is -0.493 e. The summed E-state index contributed by atoms with van der Waals surface area (Å²) in [6.45, 7) is 9.91. The molecule has 33 heavy (non-hydrogen) atoms. The molecule has 182 valence electrons. The summed E-state index contributed by atoms with van der Waals surface area (Å²) in [6, 6.07) is 11.9. The quantitative estimate of drug-likeness (QED) is 0.423. The van der Waals surface area contributed by atoms with Gasteiger partial charge in [0.15, 0.2) is 11.5 Å². The Morgan fingerprint density at radius 1 is 0.939 bits per heavy atom. The lowest BCUT2D eigenvalue weighted by atomic mass is 10.1. The van der Waals surface area contributed by atoms with E-state index in [1.165, 1.54) is 16.4 Å². The van der Waals surface area contributed by atoms with Crippen LogP contribution in [0, 0.1) is 0 Å². The third-order valence-electron chi connectivity index (χ3n) is 5.27. The Bertz CT molecular complexity index is 1020. The van der Waals surface area contributed by atoms with Crippen LogP contribution in [0.2, 0.25) is 0 Å². The molecule has 0 aliphatic heterocycles. The van der Waals surface area contributed by atoms with E-state index in [0.29, 0.717) is 49.8 Å². The van der Waals surface area contributed by atoms with E-state index in [9.17, 15) is 13.2 Å². The molecule has 0 atom stereocenters. The zero-order valence-corrected chi connectivity index (χ0v) is 21.2. The van der Waals surface area contributed by atoms with E-state index in [-0.39, 0.29) is 10.8 Å². The van der Waals surface area contributed by atoms with Gasteiger partial charge in [-0.1, -0.05) is 39.8 Å². The lowest BCUT2D eigenvalue weighted by Gasteiger charge is -2.24. The van der Waals surface area contributed by atoms with Gasteiger partial charge in [0.25, 0.3) is 5.91 Å². The molecular formula is C25H36N2O5S. The number of carbonyl (C=O) groups is 1. The topological polar surface area (TPSA) is 76.2 Å². The number of benzene rings is 2. The van der Waals surface area contributed by atoms with Crippen LogP contribution in [0.3, 0.4) is 0 Å². The fourth-order valence-electron chi connectivity index (χ4n) is 3.57. The van der Waals surface area contributed by atoms with Crippen LogP contribution in [0.4, 0.5) is 0 Å². The fourth-order valence-corrected chi connectivity index (χ4v) is 5.07. The van der Waals surface area contributed by atoms with Crippen molar-refractivity contribution in [3.05, 3.63) is 53.6 Å². The fraction of sp³-hybridized carbons (Fsp3) is 0.480. The second-order valence-corrected chi connectivity index (χ2v) is 9.62. The van der Waals surface area contributed by atoms with Crippen LogP contribution in [0.5, 0.6) is 11.5 Å². The Kier molecular flexibility index (Phi) is 10.2. The van der Waals surface area contributed by atoms with E-state index >= 15 is 0 Å². The van der Waals surface area contributed by atoms with Gasteiger partial charge in [-0.25, -0.2) is 8.42 Å². The van der Waals surface area contributed by atoms with Crippen molar-refractivity contribution in [2.45, 2.75) is 52.0 Å². The summed E-state index contributed by atoms with van der Waals surface area (Å²) in [7, 11) is -2.05. The normalized spacial score (nSPS) is 11.5. The molecule has 0 saturated carbocycles. The number of hydrogen-bond acceptors (Lipinski definition) is 5. The Morgan fingerprint density at radius 2 is 1.67 bits per heavy atom. The number of methoxy groups -OCH3 is 1. The molecule has 0 spiro atoms. The minimum atomic E-state index is -3.64. The average Bonchev–Trinajstić information content (AvgIpc) is 2.83. The van der Waals surface area contributed by atoms with E-state index in [2.05, 4.69) is 0 Å². The average molecular weight is 477 g/mol. The number of rotatable bonds is 13. The number of sulfonamides is 1. The van der Waals surface area contributed by atoms with E-state index in [1.807, 2.05) is 32.0 Å². The first-order valence-corrected chi connectivity index (χ1v) is 12.9. The van der Waals surface area contributed by atoms with Gasteiger partial charge in [0, 0.05) is 31.7 Å². The zero-order valence-electron chi connectivity index (χ0n) is 20.3. The molecule has 0 aliphatic carbocycles. The van der Waals surface area contributed by atoms with Crippen molar-refractivity contribution < 1.29 is 22.7 Å². The molecular weight excluding hydrogens is 440 g/mol.